The highest BCUT2D eigenvalue weighted by atomic mass is 32.2. The van der Waals surface area contributed by atoms with Gasteiger partial charge in [-0.05, 0) is 0 Å². The number of hydrogen-bond donors (Lipinski definition) is 0. The van der Waals surface area contributed by atoms with Crippen LogP contribution >= 0.6 is 23.5 Å². The highest BCUT2D eigenvalue weighted by molar-refractivity contribution is 8.00. The topological polar surface area (TPSA) is 0 Å². The van der Waals surface area contributed by atoms with E-state index in [-0.39, 0.29) is 0 Å². The lowest BCUT2D eigenvalue weighted by molar-refractivity contribution is 0.414. The molecule has 2 aromatic rings. The van der Waals surface area contributed by atoms with Gasteiger partial charge in [0.15, 0.2) is 46.5 Å². The third kappa shape index (κ3) is 3.98. The van der Waals surface area contributed by atoms with Crippen LogP contribution in [0.2, 0.25) is 0 Å². The molecule has 0 fully saturated rings. The van der Waals surface area contributed by atoms with Gasteiger partial charge in [-0.3, -0.25) is 0 Å². The van der Waals surface area contributed by atoms with Gasteiger partial charge >= 0.3 is 0 Å². The van der Waals surface area contributed by atoms with Crippen LogP contribution in [0.1, 0.15) is 27.7 Å². The highest BCUT2D eigenvalue weighted by Gasteiger charge is 2.34. The van der Waals surface area contributed by atoms with E-state index in [1.807, 2.05) is 0 Å². The first-order chi connectivity index (χ1) is 12.9. The summed E-state index contributed by atoms with van der Waals surface area (Å²) in [6, 6.07) is 0. The molecule has 0 aliphatic rings. The van der Waals surface area contributed by atoms with Crippen LogP contribution in [0.5, 0.6) is 0 Å². The Morgan fingerprint density at radius 2 is 0.643 bits per heavy atom. The van der Waals surface area contributed by atoms with Gasteiger partial charge < -0.3 is 0 Å². The first-order valence-corrected chi connectivity index (χ1v) is 9.71. The summed E-state index contributed by atoms with van der Waals surface area (Å²) < 4.78 is 114. The second kappa shape index (κ2) is 8.52. The van der Waals surface area contributed by atoms with Crippen molar-refractivity contribution >= 4 is 23.5 Å². The molecular weight excluding hydrogens is 432 g/mol. The van der Waals surface area contributed by atoms with E-state index < -0.39 is 78.0 Å². The zero-order valence-electron chi connectivity index (χ0n) is 15.0. The van der Waals surface area contributed by atoms with Crippen LogP contribution in [0.25, 0.3) is 11.1 Å². The molecular formula is C18H14F8S2. The first kappa shape index (κ1) is 22.9. The average Bonchev–Trinajstić information content (AvgIpc) is 2.61. The fourth-order valence-electron chi connectivity index (χ4n) is 2.34. The van der Waals surface area contributed by atoms with Crippen LogP contribution < -0.4 is 0 Å². The zero-order valence-corrected chi connectivity index (χ0v) is 16.6. The first-order valence-electron chi connectivity index (χ1n) is 7.95. The molecule has 0 saturated carbocycles. The van der Waals surface area contributed by atoms with Gasteiger partial charge in [-0.2, -0.15) is 0 Å². The Bertz CT molecular complexity index is 791. The predicted octanol–water partition coefficient (Wildman–Crippen LogP) is 7.47. The molecule has 0 aliphatic heterocycles. The maximum Gasteiger partial charge on any atom is 0.176 e. The van der Waals surface area contributed by atoms with Crippen LogP contribution in [0.4, 0.5) is 35.1 Å². The summed E-state index contributed by atoms with van der Waals surface area (Å²) in [5.41, 5.74) is -3.70. The molecule has 0 N–H and O–H groups in total. The van der Waals surface area contributed by atoms with Crippen molar-refractivity contribution in [2.24, 2.45) is 0 Å². The number of hydrogen-bond acceptors (Lipinski definition) is 2. The second-order valence-corrected chi connectivity index (χ2v) is 9.43. The summed E-state index contributed by atoms with van der Waals surface area (Å²) >= 11 is 0.878. The van der Waals surface area contributed by atoms with Crippen molar-refractivity contribution in [3.05, 3.63) is 46.5 Å². The SMILES string of the molecule is CC(C)Sc1c(F)c(F)c(-c2c(F)c(F)c(SC(C)C)c(F)c2F)c(F)c1F. The Morgan fingerprint density at radius 3 is 0.821 bits per heavy atom. The summed E-state index contributed by atoms with van der Waals surface area (Å²) in [7, 11) is 0. The minimum Gasteiger partial charge on any atom is -0.203 e. The van der Waals surface area contributed by atoms with Gasteiger partial charge in [-0.25, -0.2) is 35.1 Å². The third-order valence-electron chi connectivity index (χ3n) is 3.40. The molecule has 0 atom stereocenters. The van der Waals surface area contributed by atoms with Gasteiger partial charge in [0.1, 0.15) is 0 Å². The molecule has 0 spiro atoms. The second-order valence-electron chi connectivity index (χ2n) is 6.25. The lowest BCUT2D eigenvalue weighted by atomic mass is 10.0. The number of thioether (sulfide) groups is 2. The normalized spacial score (nSPS) is 11.8. The van der Waals surface area contributed by atoms with Gasteiger partial charge in [0.05, 0.1) is 20.9 Å². The Morgan fingerprint density at radius 1 is 0.429 bits per heavy atom. The third-order valence-corrected chi connectivity index (χ3v) is 5.53. The quantitative estimate of drug-likeness (QED) is 0.266. The Kier molecular flexibility index (Phi) is 6.96. The summed E-state index contributed by atoms with van der Waals surface area (Å²) in [6.45, 7) is 5.95. The molecule has 154 valence electrons. The summed E-state index contributed by atoms with van der Waals surface area (Å²) in [6.07, 6.45) is 0. The van der Waals surface area contributed by atoms with E-state index in [1.54, 1.807) is 0 Å². The zero-order chi connectivity index (χ0) is 21.5. The van der Waals surface area contributed by atoms with E-state index >= 15 is 0 Å². The van der Waals surface area contributed by atoms with Crippen LogP contribution in [-0.2, 0) is 0 Å². The average molecular weight is 446 g/mol. The lowest BCUT2D eigenvalue weighted by Gasteiger charge is -2.16. The van der Waals surface area contributed by atoms with Crippen molar-refractivity contribution < 1.29 is 35.1 Å². The smallest absolute Gasteiger partial charge is 0.176 e. The van der Waals surface area contributed by atoms with E-state index in [1.165, 1.54) is 27.7 Å². The molecule has 0 aromatic heterocycles. The maximum atomic E-state index is 14.4. The van der Waals surface area contributed by atoms with E-state index in [0.29, 0.717) is 23.5 Å². The predicted molar refractivity (Wildman–Crippen MR) is 93.5 cm³/mol. The molecule has 2 aromatic carbocycles. The molecule has 28 heavy (non-hydrogen) atoms. The largest absolute Gasteiger partial charge is 0.203 e. The van der Waals surface area contributed by atoms with Crippen LogP contribution in [0, 0.1) is 46.5 Å². The van der Waals surface area contributed by atoms with Crippen LogP contribution in [0.15, 0.2) is 9.79 Å². The van der Waals surface area contributed by atoms with Crippen molar-refractivity contribution in [3.63, 3.8) is 0 Å². The minimum absolute atomic E-state index is 0.439. The monoisotopic (exact) mass is 446 g/mol. The van der Waals surface area contributed by atoms with E-state index in [9.17, 15) is 35.1 Å². The Labute approximate surface area is 164 Å². The molecule has 0 bridgehead atoms. The molecule has 0 unspecified atom stereocenters. The fraction of sp³-hybridized carbons (Fsp3) is 0.333. The molecule has 0 heterocycles. The molecule has 0 radical (unpaired) electrons. The Balaban J connectivity index is 2.86. The fourth-order valence-corrected chi connectivity index (χ4v) is 4.06. The van der Waals surface area contributed by atoms with Gasteiger partial charge in [0, 0.05) is 10.5 Å². The van der Waals surface area contributed by atoms with Gasteiger partial charge in [0.2, 0.25) is 0 Å². The Hall–Kier alpha value is -1.42. The number of benzene rings is 2. The molecule has 0 aliphatic carbocycles. The van der Waals surface area contributed by atoms with Gasteiger partial charge in [0.25, 0.3) is 0 Å². The standard InChI is InChI=1S/C18H14F8S2/c1-5(2)27-17-13(23)9(19)7(10(20)14(17)24)8-11(21)15(25)18(28-6(3)4)16(26)12(8)22/h5-6H,1-4H3. The lowest BCUT2D eigenvalue weighted by Crippen LogP contribution is -2.09. The summed E-state index contributed by atoms with van der Waals surface area (Å²) in [5.74, 6) is -16.2. The number of rotatable bonds is 5. The van der Waals surface area contributed by atoms with Gasteiger partial charge in [-0.1, -0.05) is 27.7 Å². The molecule has 2 rings (SSSR count). The van der Waals surface area contributed by atoms with Crippen LogP contribution in [-0.4, -0.2) is 10.5 Å². The molecule has 0 amide bonds. The van der Waals surface area contributed by atoms with Gasteiger partial charge in [-0.15, -0.1) is 23.5 Å². The van der Waals surface area contributed by atoms with Crippen molar-refractivity contribution in [3.8, 4) is 11.1 Å². The van der Waals surface area contributed by atoms with Crippen molar-refractivity contribution in [1.29, 1.82) is 0 Å². The van der Waals surface area contributed by atoms with E-state index in [0.717, 1.165) is 0 Å². The van der Waals surface area contributed by atoms with E-state index in [4.69, 9.17) is 0 Å². The van der Waals surface area contributed by atoms with Crippen molar-refractivity contribution in [1.82, 2.24) is 0 Å². The maximum absolute atomic E-state index is 14.4. The minimum atomic E-state index is -2.15. The summed E-state index contributed by atoms with van der Waals surface area (Å²) in [4.78, 5) is -2.08. The van der Waals surface area contributed by atoms with E-state index in [2.05, 4.69) is 0 Å². The molecule has 0 nitrogen and oxygen atoms in total. The van der Waals surface area contributed by atoms with Crippen LogP contribution in [0.3, 0.4) is 0 Å². The highest BCUT2D eigenvalue weighted by Crippen LogP contribution is 2.42. The molecule has 10 heteroatoms. The van der Waals surface area contributed by atoms with Crippen molar-refractivity contribution in [2.45, 2.75) is 48.0 Å². The van der Waals surface area contributed by atoms with Crippen molar-refractivity contribution in [2.75, 3.05) is 0 Å². The summed E-state index contributed by atoms with van der Waals surface area (Å²) in [5, 5.41) is -0.964. The molecule has 0 saturated heterocycles. The number of halogens is 8.